The molecule has 0 bridgehead atoms. The standard InChI is InChI=1S/C31H45N5O2/c1-2-35-22-12-19-29(35)24-36(31(38)34-27-17-10-5-11-18-27)28(21-20-25-13-6-3-7-14-25)23-32-30(37)33-26-15-8-4-9-16-26/h4-5,8-11,15-18,25,28-29H,2-3,6-7,12-14,19-24H2,1H3,(H,34,38)(H2,32,33,37)/t28-,29+/m1/s1. The molecule has 4 rings (SSSR count). The molecule has 0 aromatic heterocycles. The minimum Gasteiger partial charge on any atom is -0.336 e. The number of para-hydroxylation sites is 2. The van der Waals surface area contributed by atoms with Gasteiger partial charge in [0, 0.05) is 30.5 Å². The molecule has 7 heteroatoms. The van der Waals surface area contributed by atoms with Crippen molar-refractivity contribution in [3.63, 3.8) is 0 Å². The summed E-state index contributed by atoms with van der Waals surface area (Å²) < 4.78 is 0. The number of benzene rings is 2. The zero-order valence-electron chi connectivity index (χ0n) is 22.9. The summed E-state index contributed by atoms with van der Waals surface area (Å²) >= 11 is 0. The van der Waals surface area contributed by atoms with Crippen molar-refractivity contribution in [2.75, 3.05) is 36.8 Å². The fourth-order valence-corrected chi connectivity index (χ4v) is 6.04. The summed E-state index contributed by atoms with van der Waals surface area (Å²) in [5.41, 5.74) is 1.55. The first-order valence-electron chi connectivity index (χ1n) is 14.6. The zero-order valence-corrected chi connectivity index (χ0v) is 22.9. The highest BCUT2D eigenvalue weighted by atomic mass is 16.2. The second-order valence-corrected chi connectivity index (χ2v) is 10.8. The molecule has 1 aliphatic heterocycles. The molecule has 1 saturated heterocycles. The molecule has 4 amide bonds. The molecule has 2 atom stereocenters. The number of hydrogen-bond donors (Lipinski definition) is 3. The average molecular weight is 520 g/mol. The van der Waals surface area contributed by atoms with Gasteiger partial charge in [-0.1, -0.05) is 75.4 Å². The third-order valence-electron chi connectivity index (χ3n) is 8.20. The zero-order chi connectivity index (χ0) is 26.6. The molecule has 1 aliphatic carbocycles. The largest absolute Gasteiger partial charge is 0.336 e. The molecule has 206 valence electrons. The van der Waals surface area contributed by atoms with E-state index in [2.05, 4.69) is 27.8 Å². The Balaban J connectivity index is 1.49. The van der Waals surface area contributed by atoms with E-state index in [0.717, 1.165) is 50.1 Å². The van der Waals surface area contributed by atoms with Gasteiger partial charge in [0.2, 0.25) is 0 Å². The van der Waals surface area contributed by atoms with E-state index >= 15 is 0 Å². The van der Waals surface area contributed by atoms with Crippen molar-refractivity contribution in [2.24, 2.45) is 5.92 Å². The van der Waals surface area contributed by atoms with Crippen molar-refractivity contribution in [3.05, 3.63) is 60.7 Å². The van der Waals surface area contributed by atoms with Crippen molar-refractivity contribution >= 4 is 23.4 Å². The van der Waals surface area contributed by atoms with Gasteiger partial charge in [-0.15, -0.1) is 0 Å². The Labute approximate surface area is 228 Å². The minimum absolute atomic E-state index is 0.0820. The first-order valence-corrected chi connectivity index (χ1v) is 14.6. The van der Waals surface area contributed by atoms with Crippen LogP contribution in [0, 0.1) is 5.92 Å². The van der Waals surface area contributed by atoms with E-state index < -0.39 is 0 Å². The second kappa shape index (κ2) is 14.8. The van der Waals surface area contributed by atoms with Crippen LogP contribution in [0.25, 0.3) is 0 Å². The van der Waals surface area contributed by atoms with Gasteiger partial charge >= 0.3 is 12.1 Å². The topological polar surface area (TPSA) is 76.7 Å². The van der Waals surface area contributed by atoms with Crippen LogP contribution in [0.5, 0.6) is 0 Å². The molecule has 3 N–H and O–H groups in total. The van der Waals surface area contributed by atoms with Gasteiger partial charge in [-0.25, -0.2) is 9.59 Å². The molecule has 2 aromatic rings. The number of urea groups is 2. The number of hydrogen-bond acceptors (Lipinski definition) is 3. The lowest BCUT2D eigenvalue weighted by atomic mass is 9.85. The van der Waals surface area contributed by atoms with Gasteiger partial charge in [0.1, 0.15) is 0 Å². The lowest BCUT2D eigenvalue weighted by Crippen LogP contribution is -2.53. The Morgan fingerprint density at radius 3 is 2.21 bits per heavy atom. The third-order valence-corrected chi connectivity index (χ3v) is 8.20. The van der Waals surface area contributed by atoms with Crippen molar-refractivity contribution in [1.82, 2.24) is 15.1 Å². The van der Waals surface area contributed by atoms with Crippen molar-refractivity contribution in [2.45, 2.75) is 76.8 Å². The molecule has 7 nitrogen and oxygen atoms in total. The monoisotopic (exact) mass is 519 g/mol. The SMILES string of the molecule is CCN1CCC[C@H]1CN(C(=O)Nc1ccccc1)[C@H](CCC1CCCCC1)CNC(=O)Nc1ccccc1. The van der Waals surface area contributed by atoms with Gasteiger partial charge < -0.3 is 20.9 Å². The number of carbonyl (C=O) groups excluding carboxylic acids is 2. The van der Waals surface area contributed by atoms with Gasteiger partial charge in [0.05, 0.1) is 6.04 Å². The van der Waals surface area contributed by atoms with E-state index in [-0.39, 0.29) is 18.1 Å². The Bertz CT molecular complexity index is 980. The molecule has 0 unspecified atom stereocenters. The van der Waals surface area contributed by atoms with Crippen LogP contribution >= 0.6 is 0 Å². The van der Waals surface area contributed by atoms with Crippen molar-refractivity contribution in [1.29, 1.82) is 0 Å². The summed E-state index contributed by atoms with van der Waals surface area (Å²) in [4.78, 5) is 31.1. The van der Waals surface area contributed by atoms with Crippen LogP contribution < -0.4 is 16.0 Å². The Morgan fingerprint density at radius 2 is 1.55 bits per heavy atom. The summed E-state index contributed by atoms with van der Waals surface area (Å²) in [6.45, 7) is 5.36. The highest BCUT2D eigenvalue weighted by Crippen LogP contribution is 2.29. The number of likely N-dealkylation sites (tertiary alicyclic amines) is 1. The second-order valence-electron chi connectivity index (χ2n) is 10.8. The molecule has 2 fully saturated rings. The highest BCUT2D eigenvalue weighted by Gasteiger charge is 2.32. The van der Waals surface area contributed by atoms with E-state index in [1.54, 1.807) is 0 Å². The van der Waals surface area contributed by atoms with Crippen molar-refractivity contribution < 1.29 is 9.59 Å². The number of nitrogens with zero attached hydrogens (tertiary/aromatic N) is 2. The number of amides is 4. The van der Waals surface area contributed by atoms with E-state index in [1.165, 1.54) is 32.1 Å². The quantitative estimate of drug-likeness (QED) is 0.315. The van der Waals surface area contributed by atoms with Crippen LogP contribution in [0.2, 0.25) is 0 Å². The van der Waals surface area contributed by atoms with E-state index in [0.29, 0.717) is 25.0 Å². The van der Waals surface area contributed by atoms with Crippen molar-refractivity contribution in [3.8, 4) is 0 Å². The summed E-state index contributed by atoms with van der Waals surface area (Å²) in [5, 5.41) is 9.14. The average Bonchev–Trinajstić information content (AvgIpc) is 3.41. The highest BCUT2D eigenvalue weighted by molar-refractivity contribution is 5.90. The van der Waals surface area contributed by atoms with Crippen LogP contribution in [-0.4, -0.2) is 60.1 Å². The molecule has 1 heterocycles. The van der Waals surface area contributed by atoms with Gasteiger partial charge in [-0.2, -0.15) is 0 Å². The van der Waals surface area contributed by atoms with Gasteiger partial charge in [-0.3, -0.25) is 4.90 Å². The minimum atomic E-state index is -0.238. The summed E-state index contributed by atoms with van der Waals surface area (Å²) in [5.74, 6) is 0.710. The fourth-order valence-electron chi connectivity index (χ4n) is 6.04. The Morgan fingerprint density at radius 1 is 0.895 bits per heavy atom. The van der Waals surface area contributed by atoms with E-state index in [4.69, 9.17) is 0 Å². The number of nitrogens with one attached hydrogen (secondary N) is 3. The van der Waals surface area contributed by atoms with Crippen LogP contribution in [0.1, 0.15) is 64.7 Å². The molecular formula is C31H45N5O2. The predicted molar refractivity (Wildman–Crippen MR) is 155 cm³/mol. The molecule has 38 heavy (non-hydrogen) atoms. The van der Waals surface area contributed by atoms with Crippen LogP contribution in [0.4, 0.5) is 21.0 Å². The maximum absolute atomic E-state index is 13.8. The number of anilines is 2. The van der Waals surface area contributed by atoms with Crippen LogP contribution in [0.15, 0.2) is 60.7 Å². The maximum Gasteiger partial charge on any atom is 0.322 e. The molecular weight excluding hydrogens is 474 g/mol. The third kappa shape index (κ3) is 8.48. The number of carbonyl (C=O) groups is 2. The normalized spacial score (nSPS) is 19.0. The predicted octanol–water partition coefficient (Wildman–Crippen LogP) is 6.56. The molecule has 1 saturated carbocycles. The molecule has 0 spiro atoms. The summed E-state index contributed by atoms with van der Waals surface area (Å²) in [6.07, 6.45) is 10.7. The Kier molecular flexibility index (Phi) is 10.9. The summed E-state index contributed by atoms with van der Waals surface area (Å²) in [7, 11) is 0. The maximum atomic E-state index is 13.8. The van der Waals surface area contributed by atoms with Gasteiger partial charge in [0.25, 0.3) is 0 Å². The molecule has 0 radical (unpaired) electrons. The molecule has 2 aliphatic rings. The number of likely N-dealkylation sites (N-methyl/N-ethyl adjacent to an activating group) is 1. The van der Waals surface area contributed by atoms with Crippen LogP contribution in [-0.2, 0) is 0 Å². The summed E-state index contributed by atoms with van der Waals surface area (Å²) in [6, 6.07) is 19.1. The van der Waals surface area contributed by atoms with Gasteiger partial charge in [-0.05, 0) is 69.0 Å². The lowest BCUT2D eigenvalue weighted by molar-refractivity contribution is 0.142. The lowest BCUT2D eigenvalue weighted by Gasteiger charge is -2.37. The molecule has 2 aromatic carbocycles. The Hall–Kier alpha value is -3.06. The smallest absolute Gasteiger partial charge is 0.322 e. The fraction of sp³-hybridized carbons (Fsp3) is 0.548. The first kappa shape index (κ1) is 28.0. The van der Waals surface area contributed by atoms with Gasteiger partial charge in [0.15, 0.2) is 0 Å². The van der Waals surface area contributed by atoms with E-state index in [1.807, 2.05) is 65.6 Å². The van der Waals surface area contributed by atoms with E-state index in [9.17, 15) is 9.59 Å². The number of rotatable bonds is 11. The van der Waals surface area contributed by atoms with Crippen LogP contribution in [0.3, 0.4) is 0 Å². The first-order chi connectivity index (χ1) is 18.6.